The number of nitrogens with one attached hydrogen (secondary N) is 1. The van der Waals surface area contributed by atoms with Crippen molar-refractivity contribution in [2.24, 2.45) is 0 Å². The Balaban J connectivity index is 1.56. The quantitative estimate of drug-likeness (QED) is 0.831. The smallest absolute Gasteiger partial charge is 0.409 e. The number of benzene rings is 1. The molecule has 7 nitrogen and oxygen atoms in total. The van der Waals surface area contributed by atoms with Crippen LogP contribution in [0.25, 0.3) is 0 Å². The summed E-state index contributed by atoms with van der Waals surface area (Å²) in [7, 11) is 0. The Morgan fingerprint density at radius 3 is 2.24 bits per heavy atom. The summed E-state index contributed by atoms with van der Waals surface area (Å²) in [4.78, 5) is 32.2. The molecule has 0 spiro atoms. The first kappa shape index (κ1) is 20.6. The summed E-state index contributed by atoms with van der Waals surface area (Å²) in [6, 6.07) is 11.8. The molecule has 1 aliphatic heterocycles. The summed E-state index contributed by atoms with van der Waals surface area (Å²) in [6.45, 7) is 8.39. The Hall–Kier alpha value is -3.09. The van der Waals surface area contributed by atoms with Gasteiger partial charge in [-0.1, -0.05) is 26.0 Å². The fourth-order valence-electron chi connectivity index (χ4n) is 3.18. The molecular formula is C22H28N4O3. The van der Waals surface area contributed by atoms with Gasteiger partial charge in [-0.3, -0.25) is 4.79 Å². The highest BCUT2D eigenvalue weighted by Gasteiger charge is 2.25. The van der Waals surface area contributed by atoms with Gasteiger partial charge >= 0.3 is 6.09 Å². The van der Waals surface area contributed by atoms with E-state index in [2.05, 4.69) is 36.3 Å². The van der Waals surface area contributed by atoms with Gasteiger partial charge in [-0.25, -0.2) is 9.78 Å². The zero-order chi connectivity index (χ0) is 20.8. The predicted octanol–water partition coefficient (Wildman–Crippen LogP) is 3.86. The number of carbonyl (C=O) groups is 2. The fourth-order valence-corrected chi connectivity index (χ4v) is 3.18. The topological polar surface area (TPSA) is 74.8 Å². The summed E-state index contributed by atoms with van der Waals surface area (Å²) in [5.41, 5.74) is 2.78. The molecule has 0 radical (unpaired) electrons. The third-order valence-electron chi connectivity index (χ3n) is 4.95. The van der Waals surface area contributed by atoms with Gasteiger partial charge in [0.15, 0.2) is 0 Å². The summed E-state index contributed by atoms with van der Waals surface area (Å²) in [6.07, 6.45) is 1.27. The number of nitrogens with zero attached hydrogens (tertiary/aromatic N) is 3. The summed E-state index contributed by atoms with van der Waals surface area (Å²) >= 11 is 0. The van der Waals surface area contributed by atoms with Crippen LogP contribution in [0, 0.1) is 0 Å². The van der Waals surface area contributed by atoms with Gasteiger partial charge in [0.1, 0.15) is 5.82 Å². The van der Waals surface area contributed by atoms with Crippen LogP contribution in [0.15, 0.2) is 42.6 Å². The molecule has 154 valence electrons. The highest BCUT2D eigenvalue weighted by atomic mass is 16.6. The molecule has 0 saturated carbocycles. The van der Waals surface area contributed by atoms with Crippen LogP contribution in [0.4, 0.5) is 16.3 Å². The number of rotatable bonds is 5. The van der Waals surface area contributed by atoms with E-state index in [1.807, 2.05) is 12.1 Å². The average molecular weight is 396 g/mol. The molecule has 1 N–H and O–H groups in total. The monoisotopic (exact) mass is 396 g/mol. The van der Waals surface area contributed by atoms with Crippen molar-refractivity contribution in [2.45, 2.75) is 26.7 Å². The summed E-state index contributed by atoms with van der Waals surface area (Å²) < 4.78 is 5.01. The minimum Gasteiger partial charge on any atom is -0.450 e. The molecule has 29 heavy (non-hydrogen) atoms. The van der Waals surface area contributed by atoms with Crippen molar-refractivity contribution in [1.82, 2.24) is 14.8 Å². The normalized spacial score (nSPS) is 14.1. The molecule has 1 aromatic heterocycles. The van der Waals surface area contributed by atoms with Gasteiger partial charge in [-0.05, 0) is 42.7 Å². The van der Waals surface area contributed by atoms with Crippen molar-refractivity contribution in [3.63, 3.8) is 0 Å². The van der Waals surface area contributed by atoms with E-state index < -0.39 is 0 Å². The average Bonchev–Trinajstić information content (AvgIpc) is 2.74. The van der Waals surface area contributed by atoms with Gasteiger partial charge in [0.05, 0.1) is 12.2 Å². The van der Waals surface area contributed by atoms with Crippen LogP contribution in [0.3, 0.4) is 0 Å². The van der Waals surface area contributed by atoms with Crippen LogP contribution in [-0.2, 0) is 4.74 Å². The molecule has 1 aliphatic rings. The minimum atomic E-state index is -0.321. The Labute approximate surface area is 171 Å². The molecule has 1 fully saturated rings. The zero-order valence-electron chi connectivity index (χ0n) is 17.2. The molecule has 1 aromatic carbocycles. The van der Waals surface area contributed by atoms with Crippen LogP contribution in [0.2, 0.25) is 0 Å². The lowest BCUT2D eigenvalue weighted by Gasteiger charge is -2.34. The number of anilines is 2. The van der Waals surface area contributed by atoms with Crippen molar-refractivity contribution in [3.05, 3.63) is 53.7 Å². The first-order valence-electron chi connectivity index (χ1n) is 10.0. The van der Waals surface area contributed by atoms with Crippen molar-refractivity contribution < 1.29 is 14.3 Å². The minimum absolute atomic E-state index is 0.0751. The lowest BCUT2D eigenvalue weighted by Crippen LogP contribution is -2.50. The number of aromatic nitrogens is 1. The van der Waals surface area contributed by atoms with E-state index in [0.717, 1.165) is 5.69 Å². The number of hydrogen-bond donors (Lipinski definition) is 1. The predicted molar refractivity (Wildman–Crippen MR) is 113 cm³/mol. The van der Waals surface area contributed by atoms with Crippen LogP contribution >= 0.6 is 0 Å². The number of amides is 2. The number of piperazine rings is 1. The Bertz CT molecular complexity index is 826. The Kier molecular flexibility index (Phi) is 6.69. The molecule has 7 heteroatoms. The molecule has 1 saturated heterocycles. The largest absolute Gasteiger partial charge is 0.450 e. The molecule has 0 aliphatic carbocycles. The van der Waals surface area contributed by atoms with Gasteiger partial charge in [-0.15, -0.1) is 0 Å². The van der Waals surface area contributed by atoms with Crippen molar-refractivity contribution in [3.8, 4) is 0 Å². The third kappa shape index (κ3) is 5.25. The van der Waals surface area contributed by atoms with Gasteiger partial charge in [0.2, 0.25) is 0 Å². The van der Waals surface area contributed by atoms with Crippen molar-refractivity contribution >= 4 is 23.5 Å². The van der Waals surface area contributed by atoms with E-state index in [4.69, 9.17) is 4.74 Å². The van der Waals surface area contributed by atoms with E-state index in [1.54, 1.807) is 35.1 Å². The maximum Gasteiger partial charge on any atom is 0.409 e. The van der Waals surface area contributed by atoms with E-state index in [-0.39, 0.29) is 12.0 Å². The lowest BCUT2D eigenvalue weighted by molar-refractivity contribution is 0.0570. The Morgan fingerprint density at radius 2 is 1.69 bits per heavy atom. The molecule has 0 bridgehead atoms. The van der Waals surface area contributed by atoms with E-state index in [9.17, 15) is 9.59 Å². The number of ether oxygens (including phenoxy) is 1. The second kappa shape index (κ2) is 9.41. The summed E-state index contributed by atoms with van der Waals surface area (Å²) in [5, 5.41) is 3.25. The lowest BCUT2D eigenvalue weighted by atomic mass is 10.0. The van der Waals surface area contributed by atoms with Gasteiger partial charge in [0.25, 0.3) is 5.91 Å². The van der Waals surface area contributed by atoms with Gasteiger partial charge in [0, 0.05) is 38.1 Å². The Morgan fingerprint density at radius 1 is 1.03 bits per heavy atom. The van der Waals surface area contributed by atoms with Crippen LogP contribution in [0.5, 0.6) is 0 Å². The molecular weight excluding hydrogens is 368 g/mol. The molecule has 2 heterocycles. The molecule has 0 atom stereocenters. The first-order chi connectivity index (χ1) is 14.0. The number of hydrogen-bond acceptors (Lipinski definition) is 5. The SMILES string of the molecule is CCOC(=O)N1CCN(C(=O)c2ccc(Nc3ccc(C(C)C)cc3)nc2)CC1. The van der Waals surface area contributed by atoms with Crippen molar-refractivity contribution in [1.29, 1.82) is 0 Å². The van der Waals surface area contributed by atoms with E-state index in [0.29, 0.717) is 50.1 Å². The van der Waals surface area contributed by atoms with E-state index in [1.165, 1.54) is 5.56 Å². The molecule has 2 amide bonds. The molecule has 0 unspecified atom stereocenters. The van der Waals surface area contributed by atoms with Gasteiger partial charge < -0.3 is 19.9 Å². The first-order valence-corrected chi connectivity index (χ1v) is 10.0. The van der Waals surface area contributed by atoms with Crippen LogP contribution in [0.1, 0.15) is 42.6 Å². The second-order valence-corrected chi connectivity index (χ2v) is 7.31. The van der Waals surface area contributed by atoms with Crippen LogP contribution in [-0.4, -0.2) is 59.6 Å². The molecule has 2 aromatic rings. The number of carbonyl (C=O) groups excluding carboxylic acids is 2. The van der Waals surface area contributed by atoms with Gasteiger partial charge in [-0.2, -0.15) is 0 Å². The maximum atomic E-state index is 12.7. The standard InChI is InChI=1S/C22H28N4O3/c1-4-29-22(28)26-13-11-25(12-14-26)21(27)18-7-10-20(23-15-18)24-19-8-5-17(6-9-19)16(2)3/h5-10,15-16H,4,11-14H2,1-3H3,(H,23,24). The fraction of sp³-hybridized carbons (Fsp3) is 0.409. The second-order valence-electron chi connectivity index (χ2n) is 7.31. The molecule has 3 rings (SSSR count). The maximum absolute atomic E-state index is 12.7. The highest BCUT2D eigenvalue weighted by molar-refractivity contribution is 5.94. The van der Waals surface area contributed by atoms with E-state index >= 15 is 0 Å². The number of pyridine rings is 1. The zero-order valence-corrected chi connectivity index (χ0v) is 17.2. The summed E-state index contributed by atoms with van der Waals surface area (Å²) in [5.74, 6) is 1.10. The van der Waals surface area contributed by atoms with Crippen molar-refractivity contribution in [2.75, 3.05) is 38.1 Å². The third-order valence-corrected chi connectivity index (χ3v) is 4.95. The highest BCUT2D eigenvalue weighted by Crippen LogP contribution is 2.20. The van der Waals surface area contributed by atoms with Crippen LogP contribution < -0.4 is 5.32 Å².